The second-order valence-electron chi connectivity index (χ2n) is 6.91. The van der Waals surface area contributed by atoms with Crippen LogP contribution in [0.25, 0.3) is 11.2 Å². The van der Waals surface area contributed by atoms with Gasteiger partial charge >= 0.3 is 5.69 Å². The topological polar surface area (TPSA) is 77.4 Å². The quantitative estimate of drug-likeness (QED) is 0.685. The van der Waals surface area contributed by atoms with E-state index in [1.807, 2.05) is 0 Å². The van der Waals surface area contributed by atoms with Gasteiger partial charge in [0.25, 0.3) is 5.56 Å². The monoisotopic (exact) mass is 384 g/mol. The lowest BCUT2D eigenvalue weighted by Gasteiger charge is -2.26. The number of anilines is 1. The number of benzene rings is 1. The molecular weight excluding hydrogens is 363 g/mol. The summed E-state index contributed by atoms with van der Waals surface area (Å²) in [6.45, 7) is 3.02. The van der Waals surface area contributed by atoms with Gasteiger partial charge in [0.1, 0.15) is 5.82 Å². The number of fused-ring (bicyclic) bond motifs is 3. The minimum absolute atomic E-state index is 0.313. The molecule has 1 aromatic carbocycles. The van der Waals surface area contributed by atoms with Gasteiger partial charge in [-0.05, 0) is 24.1 Å². The third-order valence-corrected chi connectivity index (χ3v) is 5.01. The smallest absolute Gasteiger partial charge is 0.297 e. The second-order valence-corrected chi connectivity index (χ2v) is 6.91. The normalized spacial score (nSPS) is 13.7. The predicted octanol–water partition coefficient (Wildman–Crippen LogP) is 1.60. The number of halogens is 1. The summed E-state index contributed by atoms with van der Waals surface area (Å²) in [5.74, 6) is 0.216. The SMILES string of the molecule is CCCCN1N=C(c2ccc(F)cc2)Cn2c1nc1c2c(=O)n(C)c(=O)n1C. The maximum atomic E-state index is 13.3. The molecule has 1 aliphatic heterocycles. The summed E-state index contributed by atoms with van der Waals surface area (Å²) in [4.78, 5) is 29.7. The van der Waals surface area contributed by atoms with E-state index in [1.165, 1.54) is 23.7 Å². The predicted molar refractivity (Wildman–Crippen MR) is 105 cm³/mol. The molecule has 0 saturated carbocycles. The summed E-state index contributed by atoms with van der Waals surface area (Å²) < 4.78 is 17.6. The summed E-state index contributed by atoms with van der Waals surface area (Å²) in [5.41, 5.74) is 1.35. The first kappa shape index (κ1) is 18.1. The fraction of sp³-hybridized carbons (Fsp3) is 0.368. The molecule has 8 nitrogen and oxygen atoms in total. The van der Waals surface area contributed by atoms with Crippen LogP contribution in [0, 0.1) is 5.82 Å². The van der Waals surface area contributed by atoms with Crippen molar-refractivity contribution in [1.82, 2.24) is 18.7 Å². The van der Waals surface area contributed by atoms with Gasteiger partial charge < -0.3 is 0 Å². The van der Waals surface area contributed by atoms with Crippen molar-refractivity contribution in [2.75, 3.05) is 11.6 Å². The fourth-order valence-electron chi connectivity index (χ4n) is 3.40. The van der Waals surface area contributed by atoms with E-state index in [9.17, 15) is 14.0 Å². The van der Waals surface area contributed by atoms with Crippen molar-refractivity contribution < 1.29 is 4.39 Å². The number of hydrazone groups is 1. The Morgan fingerprint density at radius 3 is 2.50 bits per heavy atom. The summed E-state index contributed by atoms with van der Waals surface area (Å²) >= 11 is 0. The Bertz CT molecular complexity index is 1200. The van der Waals surface area contributed by atoms with Crippen molar-refractivity contribution in [2.45, 2.75) is 26.3 Å². The summed E-state index contributed by atoms with van der Waals surface area (Å²) in [6, 6.07) is 6.12. The number of nitrogens with zero attached hydrogens (tertiary/aromatic N) is 6. The molecule has 0 bridgehead atoms. The Kier molecular flexibility index (Phi) is 4.37. The van der Waals surface area contributed by atoms with Crippen LogP contribution in [0.4, 0.5) is 10.3 Å². The Balaban J connectivity index is 1.94. The minimum Gasteiger partial charge on any atom is -0.297 e. The number of hydrogen-bond donors (Lipinski definition) is 0. The van der Waals surface area contributed by atoms with Crippen LogP contribution in [0.3, 0.4) is 0 Å². The number of imidazole rings is 1. The first-order valence-corrected chi connectivity index (χ1v) is 9.19. The Morgan fingerprint density at radius 1 is 1.11 bits per heavy atom. The second kappa shape index (κ2) is 6.74. The molecular formula is C19H21FN6O2. The van der Waals surface area contributed by atoms with Crippen LogP contribution in [-0.4, -0.2) is 30.9 Å². The maximum absolute atomic E-state index is 13.3. The first-order valence-electron chi connectivity index (χ1n) is 9.19. The number of aryl methyl sites for hydroxylation is 1. The number of hydrogen-bond acceptors (Lipinski definition) is 5. The van der Waals surface area contributed by atoms with E-state index in [2.05, 4.69) is 11.9 Å². The Hall–Kier alpha value is -3.23. The van der Waals surface area contributed by atoms with Gasteiger partial charge in [0.15, 0.2) is 11.2 Å². The zero-order chi connectivity index (χ0) is 20.0. The third-order valence-electron chi connectivity index (χ3n) is 5.01. The van der Waals surface area contributed by atoms with Crippen LogP contribution >= 0.6 is 0 Å². The lowest BCUT2D eigenvalue weighted by Crippen LogP contribution is -2.38. The average Bonchev–Trinajstić information content (AvgIpc) is 3.09. The molecule has 0 unspecified atom stereocenters. The highest BCUT2D eigenvalue weighted by Gasteiger charge is 2.27. The van der Waals surface area contributed by atoms with Crippen molar-refractivity contribution in [3.8, 4) is 0 Å². The highest BCUT2D eigenvalue weighted by Crippen LogP contribution is 2.25. The lowest BCUT2D eigenvalue weighted by molar-refractivity contribution is 0.627. The molecule has 0 saturated heterocycles. The molecule has 0 spiro atoms. The average molecular weight is 384 g/mol. The van der Waals surface area contributed by atoms with Gasteiger partial charge in [0.05, 0.1) is 12.3 Å². The fourth-order valence-corrected chi connectivity index (χ4v) is 3.40. The van der Waals surface area contributed by atoms with Crippen LogP contribution in [0.1, 0.15) is 25.3 Å². The third kappa shape index (κ3) is 2.74. The van der Waals surface area contributed by atoms with Gasteiger partial charge in [-0.1, -0.05) is 25.5 Å². The van der Waals surface area contributed by atoms with Crippen LogP contribution in [-0.2, 0) is 20.6 Å². The molecule has 0 fully saturated rings. The van der Waals surface area contributed by atoms with Crippen LogP contribution in [0.2, 0.25) is 0 Å². The van der Waals surface area contributed by atoms with Crippen molar-refractivity contribution in [3.05, 3.63) is 56.5 Å². The molecule has 0 aliphatic carbocycles. The van der Waals surface area contributed by atoms with E-state index >= 15 is 0 Å². The molecule has 1 aliphatic rings. The van der Waals surface area contributed by atoms with E-state index < -0.39 is 11.2 Å². The molecule has 9 heteroatoms. The summed E-state index contributed by atoms with van der Waals surface area (Å²) in [6.07, 6.45) is 1.86. The van der Waals surface area contributed by atoms with Crippen molar-refractivity contribution in [2.24, 2.45) is 19.2 Å². The van der Waals surface area contributed by atoms with E-state index in [4.69, 9.17) is 5.10 Å². The molecule has 2 aromatic heterocycles. The van der Waals surface area contributed by atoms with E-state index in [0.29, 0.717) is 35.9 Å². The highest BCUT2D eigenvalue weighted by atomic mass is 19.1. The van der Waals surface area contributed by atoms with E-state index in [-0.39, 0.29) is 5.82 Å². The molecule has 0 amide bonds. The molecule has 4 rings (SSSR count). The molecule has 3 aromatic rings. The lowest BCUT2D eigenvalue weighted by atomic mass is 10.1. The molecule has 0 radical (unpaired) electrons. The summed E-state index contributed by atoms with van der Waals surface area (Å²) in [7, 11) is 3.05. The zero-order valence-electron chi connectivity index (χ0n) is 16.0. The zero-order valence-corrected chi connectivity index (χ0v) is 16.0. The summed E-state index contributed by atoms with van der Waals surface area (Å²) in [5, 5.41) is 6.47. The first-order chi connectivity index (χ1) is 13.4. The maximum Gasteiger partial charge on any atom is 0.332 e. The standard InChI is InChI=1S/C19H21FN6O2/c1-4-5-10-26-18-21-16-15(17(27)24(3)19(28)23(16)2)25(18)11-14(22-26)12-6-8-13(20)9-7-12/h6-9H,4-5,10-11H2,1-3H3. The van der Waals surface area contributed by atoms with Gasteiger partial charge in [-0.25, -0.2) is 14.2 Å². The number of aromatic nitrogens is 4. The van der Waals surface area contributed by atoms with E-state index in [1.54, 1.807) is 28.8 Å². The van der Waals surface area contributed by atoms with Crippen LogP contribution in [0.5, 0.6) is 0 Å². The van der Waals surface area contributed by atoms with Crippen molar-refractivity contribution in [3.63, 3.8) is 0 Å². The molecule has 3 heterocycles. The van der Waals surface area contributed by atoms with E-state index in [0.717, 1.165) is 23.0 Å². The molecule has 28 heavy (non-hydrogen) atoms. The minimum atomic E-state index is -0.423. The molecule has 0 atom stereocenters. The molecule has 146 valence electrons. The van der Waals surface area contributed by atoms with Crippen molar-refractivity contribution in [1.29, 1.82) is 0 Å². The number of unbranched alkanes of at least 4 members (excludes halogenated alkanes) is 1. The van der Waals surface area contributed by atoms with Crippen LogP contribution < -0.4 is 16.3 Å². The van der Waals surface area contributed by atoms with Gasteiger partial charge in [0.2, 0.25) is 5.95 Å². The van der Waals surface area contributed by atoms with Crippen molar-refractivity contribution >= 4 is 22.8 Å². The Morgan fingerprint density at radius 2 is 1.82 bits per heavy atom. The largest absolute Gasteiger partial charge is 0.332 e. The van der Waals surface area contributed by atoms with Gasteiger partial charge in [0, 0.05) is 20.6 Å². The molecule has 0 N–H and O–H groups in total. The van der Waals surface area contributed by atoms with Crippen LogP contribution in [0.15, 0.2) is 39.0 Å². The highest BCUT2D eigenvalue weighted by molar-refractivity contribution is 6.02. The van der Waals surface area contributed by atoms with Gasteiger partial charge in [-0.15, -0.1) is 0 Å². The van der Waals surface area contributed by atoms with Gasteiger partial charge in [-0.3, -0.25) is 18.5 Å². The number of rotatable bonds is 4. The van der Waals surface area contributed by atoms with Gasteiger partial charge in [-0.2, -0.15) is 10.1 Å². The Labute approximate surface area is 160 Å².